The average Bonchev–Trinajstić information content (AvgIpc) is 2.28. The summed E-state index contributed by atoms with van der Waals surface area (Å²) in [6, 6.07) is 6.82. The minimum absolute atomic E-state index is 0.308. The summed E-state index contributed by atoms with van der Waals surface area (Å²) >= 11 is 10.3. The van der Waals surface area contributed by atoms with Crippen molar-refractivity contribution in [1.29, 1.82) is 0 Å². The Morgan fingerprint density at radius 2 is 1.88 bits per heavy atom. The van der Waals surface area contributed by atoms with E-state index in [4.69, 9.17) is 29.6 Å². The van der Waals surface area contributed by atoms with E-state index in [-0.39, 0.29) is 0 Å². The lowest BCUT2D eigenvalue weighted by Crippen LogP contribution is -2.19. The van der Waals surface area contributed by atoms with Crippen molar-refractivity contribution in [2.75, 3.05) is 5.88 Å². The third-order valence-electron chi connectivity index (χ3n) is 2.31. The molecule has 1 rings (SSSR count). The molecule has 0 aliphatic heterocycles. The van der Waals surface area contributed by atoms with Crippen molar-refractivity contribution in [2.45, 2.75) is 18.6 Å². The molecule has 5 heteroatoms. The van der Waals surface area contributed by atoms with Crippen LogP contribution in [0.1, 0.15) is 23.7 Å². The molecule has 3 nitrogen and oxygen atoms in total. The highest BCUT2D eigenvalue weighted by molar-refractivity contribution is 7.80. The second-order valence-corrected chi connectivity index (χ2v) is 4.29. The van der Waals surface area contributed by atoms with Crippen LogP contribution in [0.3, 0.4) is 0 Å². The number of aliphatic hydroxyl groups excluding tert-OH is 2. The number of hydrogen-bond acceptors (Lipinski definition) is 3. The van der Waals surface area contributed by atoms with E-state index >= 15 is 0 Å². The van der Waals surface area contributed by atoms with Gasteiger partial charge in [0.25, 0.3) is 0 Å². The van der Waals surface area contributed by atoms with E-state index in [0.717, 1.165) is 5.56 Å². The van der Waals surface area contributed by atoms with Gasteiger partial charge in [0.2, 0.25) is 0 Å². The van der Waals surface area contributed by atoms with E-state index < -0.39 is 12.2 Å². The molecule has 0 bridgehead atoms. The lowest BCUT2D eigenvalue weighted by atomic mass is 10.0. The summed E-state index contributed by atoms with van der Waals surface area (Å²) < 4.78 is 0. The molecule has 0 saturated heterocycles. The molecule has 0 saturated carbocycles. The van der Waals surface area contributed by atoms with Crippen molar-refractivity contribution in [3.63, 3.8) is 0 Å². The first-order valence-corrected chi connectivity index (χ1v) is 5.82. The lowest BCUT2D eigenvalue weighted by Gasteiger charge is -2.17. The molecule has 0 aromatic heterocycles. The molecule has 0 amide bonds. The molecular formula is C11H14ClNO2S. The summed E-state index contributed by atoms with van der Waals surface area (Å²) in [6.07, 6.45) is -1.44. The Labute approximate surface area is 105 Å². The number of rotatable bonds is 5. The number of nitrogens with two attached hydrogens (primary N) is 1. The zero-order chi connectivity index (χ0) is 12.1. The summed E-state index contributed by atoms with van der Waals surface area (Å²) in [4.78, 5) is 0.308. The first kappa shape index (κ1) is 13.4. The van der Waals surface area contributed by atoms with Crippen LogP contribution in [0.4, 0.5) is 0 Å². The van der Waals surface area contributed by atoms with Gasteiger partial charge in [-0.25, -0.2) is 0 Å². The van der Waals surface area contributed by atoms with Gasteiger partial charge in [0.1, 0.15) is 11.1 Å². The molecule has 0 aliphatic rings. The van der Waals surface area contributed by atoms with Crippen LogP contribution in [0.15, 0.2) is 24.3 Å². The Morgan fingerprint density at radius 1 is 1.31 bits per heavy atom. The number of thiocarbonyl (C=S) groups is 1. The van der Waals surface area contributed by atoms with Crippen molar-refractivity contribution < 1.29 is 10.2 Å². The standard InChI is InChI=1S/C11H14ClNO2S/c12-6-5-9(14)10(15)7-1-3-8(4-2-7)11(13)16/h1-4,9-10,14-15H,5-6H2,(H2,13,16). The molecule has 1 aromatic carbocycles. The van der Waals surface area contributed by atoms with E-state index in [0.29, 0.717) is 22.9 Å². The van der Waals surface area contributed by atoms with E-state index in [9.17, 15) is 10.2 Å². The van der Waals surface area contributed by atoms with Gasteiger partial charge in [-0.2, -0.15) is 0 Å². The Balaban J connectivity index is 2.77. The molecule has 0 fully saturated rings. The minimum Gasteiger partial charge on any atom is -0.390 e. The fourth-order valence-corrected chi connectivity index (χ4v) is 1.70. The van der Waals surface area contributed by atoms with Gasteiger partial charge in [0, 0.05) is 11.4 Å². The van der Waals surface area contributed by atoms with Gasteiger partial charge in [-0.05, 0) is 12.0 Å². The highest BCUT2D eigenvalue weighted by Crippen LogP contribution is 2.19. The smallest absolute Gasteiger partial charge is 0.105 e. The van der Waals surface area contributed by atoms with Crippen molar-refractivity contribution in [3.8, 4) is 0 Å². The quantitative estimate of drug-likeness (QED) is 0.552. The topological polar surface area (TPSA) is 66.5 Å². The molecule has 2 unspecified atom stereocenters. The minimum atomic E-state index is -0.931. The molecule has 16 heavy (non-hydrogen) atoms. The summed E-state index contributed by atoms with van der Waals surface area (Å²) in [5, 5.41) is 19.3. The number of alkyl halides is 1. The van der Waals surface area contributed by atoms with Gasteiger partial charge in [0.05, 0.1) is 6.10 Å². The molecule has 0 radical (unpaired) electrons. The number of benzene rings is 1. The van der Waals surface area contributed by atoms with Crippen LogP contribution in [0.2, 0.25) is 0 Å². The Morgan fingerprint density at radius 3 is 2.31 bits per heavy atom. The zero-order valence-corrected chi connectivity index (χ0v) is 10.2. The Bertz CT molecular complexity index is 356. The molecule has 0 aliphatic carbocycles. The summed E-state index contributed by atoms with van der Waals surface area (Å²) in [6.45, 7) is 0. The molecule has 1 aromatic rings. The second kappa shape index (κ2) is 6.15. The van der Waals surface area contributed by atoms with Crippen LogP contribution in [-0.4, -0.2) is 27.2 Å². The maximum atomic E-state index is 9.78. The number of halogens is 1. The van der Waals surface area contributed by atoms with Crippen molar-refractivity contribution in [3.05, 3.63) is 35.4 Å². The zero-order valence-electron chi connectivity index (χ0n) is 8.64. The summed E-state index contributed by atoms with van der Waals surface area (Å²) in [5.74, 6) is 0.309. The average molecular weight is 260 g/mol. The molecule has 4 N–H and O–H groups in total. The third-order valence-corrected chi connectivity index (χ3v) is 2.76. The van der Waals surface area contributed by atoms with Crippen LogP contribution in [0, 0.1) is 0 Å². The first-order valence-electron chi connectivity index (χ1n) is 4.88. The van der Waals surface area contributed by atoms with Crippen LogP contribution in [-0.2, 0) is 0 Å². The Kier molecular flexibility index (Phi) is 5.15. The lowest BCUT2D eigenvalue weighted by molar-refractivity contribution is 0.0170. The molecular weight excluding hydrogens is 246 g/mol. The monoisotopic (exact) mass is 259 g/mol. The predicted octanol–water partition coefficient (Wildman–Crippen LogP) is 1.34. The Hall–Kier alpha value is -0.680. The van der Waals surface area contributed by atoms with E-state index in [1.807, 2.05) is 0 Å². The van der Waals surface area contributed by atoms with Crippen LogP contribution in [0.5, 0.6) is 0 Å². The highest BCUT2D eigenvalue weighted by Gasteiger charge is 2.17. The molecule has 2 atom stereocenters. The van der Waals surface area contributed by atoms with Crippen LogP contribution < -0.4 is 5.73 Å². The van der Waals surface area contributed by atoms with Gasteiger partial charge < -0.3 is 15.9 Å². The van der Waals surface area contributed by atoms with Crippen LogP contribution in [0.25, 0.3) is 0 Å². The highest BCUT2D eigenvalue weighted by atomic mass is 35.5. The van der Waals surface area contributed by atoms with Gasteiger partial charge in [-0.1, -0.05) is 36.5 Å². The fraction of sp³-hybridized carbons (Fsp3) is 0.364. The predicted molar refractivity (Wildman–Crippen MR) is 68.6 cm³/mol. The molecule has 88 valence electrons. The fourth-order valence-electron chi connectivity index (χ4n) is 1.34. The van der Waals surface area contributed by atoms with E-state index in [1.54, 1.807) is 24.3 Å². The van der Waals surface area contributed by atoms with Crippen molar-refractivity contribution >= 4 is 28.8 Å². The third kappa shape index (κ3) is 3.42. The molecule has 0 heterocycles. The number of aliphatic hydroxyl groups is 2. The summed E-state index contributed by atoms with van der Waals surface area (Å²) in [7, 11) is 0. The maximum Gasteiger partial charge on any atom is 0.105 e. The van der Waals surface area contributed by atoms with Gasteiger partial charge in [0.15, 0.2) is 0 Å². The van der Waals surface area contributed by atoms with Crippen LogP contribution >= 0.6 is 23.8 Å². The van der Waals surface area contributed by atoms with Crippen molar-refractivity contribution in [1.82, 2.24) is 0 Å². The van der Waals surface area contributed by atoms with Gasteiger partial charge in [-0.15, -0.1) is 11.6 Å². The van der Waals surface area contributed by atoms with E-state index in [1.165, 1.54) is 0 Å². The van der Waals surface area contributed by atoms with Crippen molar-refractivity contribution in [2.24, 2.45) is 5.73 Å². The summed E-state index contributed by atoms with van der Waals surface area (Å²) in [5.41, 5.74) is 6.81. The first-order chi connectivity index (χ1) is 7.56. The molecule has 0 spiro atoms. The number of hydrogen-bond donors (Lipinski definition) is 3. The van der Waals surface area contributed by atoms with Gasteiger partial charge in [-0.3, -0.25) is 0 Å². The largest absolute Gasteiger partial charge is 0.390 e. The van der Waals surface area contributed by atoms with Gasteiger partial charge >= 0.3 is 0 Å². The maximum absolute atomic E-state index is 9.78. The SMILES string of the molecule is NC(=S)c1ccc(C(O)C(O)CCCl)cc1. The second-order valence-electron chi connectivity index (χ2n) is 3.48. The normalized spacial score (nSPS) is 14.4. The van der Waals surface area contributed by atoms with E-state index in [2.05, 4.69) is 0 Å².